The molecule has 3 nitrogen and oxygen atoms in total. The lowest BCUT2D eigenvalue weighted by Crippen LogP contribution is -2.15. The van der Waals surface area contributed by atoms with Gasteiger partial charge in [0.05, 0.1) is 5.56 Å². The van der Waals surface area contributed by atoms with Crippen molar-refractivity contribution in [2.75, 3.05) is 5.32 Å². The lowest BCUT2D eigenvalue weighted by Gasteiger charge is -2.12. The minimum atomic E-state index is -4.47. The van der Waals surface area contributed by atoms with Crippen molar-refractivity contribution in [2.45, 2.75) is 13.1 Å². The Kier molecular flexibility index (Phi) is 4.18. The molecule has 7 heteroatoms. The van der Waals surface area contributed by atoms with E-state index in [0.717, 1.165) is 6.07 Å². The first-order chi connectivity index (χ1) is 9.77. The highest BCUT2D eigenvalue weighted by Gasteiger charge is 2.32. The van der Waals surface area contributed by atoms with Gasteiger partial charge in [-0.1, -0.05) is 23.7 Å². The Morgan fingerprint density at radius 2 is 1.95 bits per heavy atom. The van der Waals surface area contributed by atoms with Gasteiger partial charge in [0, 0.05) is 5.69 Å². The number of hydrogen-bond donors (Lipinski definition) is 1. The number of anilines is 1. The van der Waals surface area contributed by atoms with E-state index in [0.29, 0.717) is 0 Å². The molecule has 1 amide bonds. The molecule has 1 aromatic carbocycles. The van der Waals surface area contributed by atoms with Gasteiger partial charge in [-0.3, -0.25) is 4.79 Å². The maximum Gasteiger partial charge on any atom is 0.416 e. The van der Waals surface area contributed by atoms with E-state index in [1.54, 1.807) is 0 Å². The highest BCUT2D eigenvalue weighted by molar-refractivity contribution is 6.29. The van der Waals surface area contributed by atoms with E-state index >= 15 is 0 Å². The summed E-state index contributed by atoms with van der Waals surface area (Å²) in [7, 11) is 0. The van der Waals surface area contributed by atoms with Gasteiger partial charge in [0.1, 0.15) is 10.8 Å². The van der Waals surface area contributed by atoms with E-state index in [1.807, 2.05) is 0 Å². The fourth-order valence-corrected chi connectivity index (χ4v) is 1.90. The van der Waals surface area contributed by atoms with Gasteiger partial charge in [-0.25, -0.2) is 4.98 Å². The molecule has 0 atom stereocenters. The molecule has 0 bridgehead atoms. The van der Waals surface area contributed by atoms with Crippen LogP contribution in [0.1, 0.15) is 21.6 Å². The third kappa shape index (κ3) is 3.72. The number of aromatic nitrogens is 1. The second-order valence-electron chi connectivity index (χ2n) is 4.33. The zero-order valence-corrected chi connectivity index (χ0v) is 11.6. The summed E-state index contributed by atoms with van der Waals surface area (Å²) < 4.78 is 38.4. The number of rotatable bonds is 2. The van der Waals surface area contributed by atoms with Crippen LogP contribution in [0.25, 0.3) is 0 Å². The smallest absolute Gasteiger partial charge is 0.321 e. The largest absolute Gasteiger partial charge is 0.416 e. The first-order valence-electron chi connectivity index (χ1n) is 5.89. The molecule has 2 aromatic rings. The quantitative estimate of drug-likeness (QED) is 0.839. The van der Waals surface area contributed by atoms with E-state index in [-0.39, 0.29) is 22.1 Å². The Balaban J connectivity index is 2.26. The zero-order chi connectivity index (χ0) is 15.6. The number of hydrogen-bond acceptors (Lipinski definition) is 2. The number of carbonyl (C=O) groups excluding carboxylic acids is 1. The summed E-state index contributed by atoms with van der Waals surface area (Å²) in [5.74, 6) is -0.630. The summed E-state index contributed by atoms with van der Waals surface area (Å²) in [5.41, 5.74) is -0.642. The molecule has 0 unspecified atom stereocenters. The van der Waals surface area contributed by atoms with Crippen molar-refractivity contribution in [3.8, 4) is 0 Å². The Morgan fingerprint density at radius 1 is 1.24 bits per heavy atom. The van der Waals surface area contributed by atoms with Gasteiger partial charge >= 0.3 is 6.18 Å². The Morgan fingerprint density at radius 3 is 2.57 bits per heavy atom. The van der Waals surface area contributed by atoms with Crippen molar-refractivity contribution in [2.24, 2.45) is 0 Å². The summed E-state index contributed by atoms with van der Waals surface area (Å²) in [6.07, 6.45) is -4.47. The highest BCUT2D eigenvalue weighted by atomic mass is 35.5. The molecule has 0 saturated heterocycles. The lowest BCUT2D eigenvalue weighted by atomic mass is 10.1. The summed E-state index contributed by atoms with van der Waals surface area (Å²) in [6, 6.07) is 8.02. The zero-order valence-electron chi connectivity index (χ0n) is 10.8. The number of halogens is 4. The van der Waals surface area contributed by atoms with E-state index in [9.17, 15) is 18.0 Å². The van der Waals surface area contributed by atoms with Gasteiger partial charge in [-0.05, 0) is 36.8 Å². The van der Waals surface area contributed by atoms with Crippen molar-refractivity contribution in [3.05, 3.63) is 58.4 Å². The minimum Gasteiger partial charge on any atom is -0.321 e. The van der Waals surface area contributed by atoms with E-state index < -0.39 is 17.6 Å². The van der Waals surface area contributed by atoms with Crippen molar-refractivity contribution in [1.82, 2.24) is 4.98 Å². The minimum absolute atomic E-state index is 0.0247. The maximum atomic E-state index is 12.8. The monoisotopic (exact) mass is 314 g/mol. The van der Waals surface area contributed by atoms with Crippen LogP contribution in [-0.4, -0.2) is 10.9 Å². The first-order valence-corrected chi connectivity index (χ1v) is 6.27. The van der Waals surface area contributed by atoms with Crippen LogP contribution < -0.4 is 5.32 Å². The number of nitrogens with one attached hydrogen (secondary N) is 1. The number of aryl methyl sites for hydroxylation is 1. The van der Waals surface area contributed by atoms with E-state index in [2.05, 4.69) is 10.3 Å². The van der Waals surface area contributed by atoms with Gasteiger partial charge < -0.3 is 5.32 Å². The van der Waals surface area contributed by atoms with Gasteiger partial charge in [0.2, 0.25) is 0 Å². The molecule has 0 aliphatic heterocycles. The Hall–Kier alpha value is -2.08. The Labute approximate surface area is 123 Å². The molecule has 1 N–H and O–H groups in total. The second kappa shape index (κ2) is 5.73. The van der Waals surface area contributed by atoms with Crippen molar-refractivity contribution < 1.29 is 18.0 Å². The topological polar surface area (TPSA) is 42.0 Å². The molecule has 0 aliphatic rings. The number of amides is 1. The van der Waals surface area contributed by atoms with Crippen LogP contribution in [0.5, 0.6) is 0 Å². The predicted molar refractivity (Wildman–Crippen MR) is 73.4 cm³/mol. The number of pyridine rings is 1. The summed E-state index contributed by atoms with van der Waals surface area (Å²) >= 11 is 5.66. The third-order valence-electron chi connectivity index (χ3n) is 2.75. The lowest BCUT2D eigenvalue weighted by molar-refractivity contribution is -0.138. The van der Waals surface area contributed by atoms with Crippen LogP contribution in [0.3, 0.4) is 0 Å². The molecule has 110 valence electrons. The third-order valence-corrected chi connectivity index (χ3v) is 2.96. The van der Waals surface area contributed by atoms with Gasteiger partial charge in [-0.2, -0.15) is 13.2 Å². The molecular formula is C14H10ClF3N2O. The average Bonchev–Trinajstić information content (AvgIpc) is 2.39. The number of alkyl halides is 3. The molecule has 1 aromatic heterocycles. The first kappa shape index (κ1) is 15.3. The molecule has 0 spiro atoms. The summed E-state index contributed by atoms with van der Waals surface area (Å²) in [6.45, 7) is 1.35. The molecule has 2 rings (SSSR count). The molecular weight excluding hydrogens is 305 g/mol. The van der Waals surface area contributed by atoms with E-state index in [4.69, 9.17) is 11.6 Å². The van der Waals surface area contributed by atoms with Crippen molar-refractivity contribution in [3.63, 3.8) is 0 Å². The molecule has 21 heavy (non-hydrogen) atoms. The van der Waals surface area contributed by atoms with Crippen LogP contribution in [-0.2, 0) is 6.18 Å². The maximum absolute atomic E-state index is 12.8. The fraction of sp³-hybridized carbons (Fsp3) is 0.143. The number of nitrogens with zero attached hydrogens (tertiary/aromatic N) is 1. The number of benzene rings is 1. The molecule has 0 fully saturated rings. The van der Waals surface area contributed by atoms with Gasteiger partial charge in [-0.15, -0.1) is 0 Å². The SMILES string of the molecule is Cc1ccc(NC(=O)c2cccc(Cl)n2)cc1C(F)(F)F. The van der Waals surface area contributed by atoms with Crippen LogP contribution in [0.2, 0.25) is 5.15 Å². The van der Waals surface area contributed by atoms with Crippen molar-refractivity contribution in [1.29, 1.82) is 0 Å². The highest BCUT2D eigenvalue weighted by Crippen LogP contribution is 2.33. The van der Waals surface area contributed by atoms with Crippen LogP contribution in [0.15, 0.2) is 36.4 Å². The van der Waals surface area contributed by atoms with Crippen molar-refractivity contribution >= 4 is 23.2 Å². The normalized spacial score (nSPS) is 11.3. The summed E-state index contributed by atoms with van der Waals surface area (Å²) in [5, 5.41) is 2.49. The molecule has 0 aliphatic carbocycles. The Bertz CT molecular complexity index is 686. The van der Waals surface area contributed by atoms with E-state index in [1.165, 1.54) is 37.3 Å². The summed E-state index contributed by atoms with van der Waals surface area (Å²) in [4.78, 5) is 15.7. The second-order valence-corrected chi connectivity index (χ2v) is 4.71. The predicted octanol–water partition coefficient (Wildman–Crippen LogP) is 4.31. The van der Waals surface area contributed by atoms with Crippen LogP contribution in [0, 0.1) is 6.92 Å². The standard InChI is InChI=1S/C14H10ClF3N2O/c1-8-5-6-9(7-10(8)14(16,17)18)19-13(21)11-3-2-4-12(15)20-11/h2-7H,1H3,(H,19,21). The van der Waals surface area contributed by atoms with Gasteiger partial charge in [0.15, 0.2) is 0 Å². The molecule has 0 radical (unpaired) electrons. The fourth-order valence-electron chi connectivity index (χ4n) is 1.74. The molecule has 0 saturated carbocycles. The average molecular weight is 315 g/mol. The van der Waals surface area contributed by atoms with Gasteiger partial charge in [0.25, 0.3) is 5.91 Å². The molecule has 1 heterocycles. The van der Waals surface area contributed by atoms with Crippen LogP contribution >= 0.6 is 11.6 Å². The van der Waals surface area contributed by atoms with Crippen LogP contribution in [0.4, 0.5) is 18.9 Å². The number of carbonyl (C=O) groups is 1.